The molecule has 3 aromatic carbocycles. The standard InChI is InChI=1S/C47H48N6O6/c1-44(2)35-19-21-46(44,5)37(54)32(35)23-26-7-13-29(14-8-26)48-41-51-42(53-43(52-41)50-31-17-11-28(12-18-31)25-34(39(56)57)40(58)59)49-30-15-9-27(10-16-30)24-33-36-20-22-47(6,38(33)55)45(36,3)4/h7-18,23-25,35-36H,19-22H2,1-6H3,(H,56,57)(H,58,59)(H3,48,49,50,51,52,53). The first-order valence-electron chi connectivity index (χ1n) is 20.0. The fourth-order valence-electron chi connectivity index (χ4n) is 9.85. The van der Waals surface area contributed by atoms with E-state index in [0.29, 0.717) is 11.3 Å². The Hall–Kier alpha value is -6.43. The highest BCUT2D eigenvalue weighted by Crippen LogP contribution is 2.66. The van der Waals surface area contributed by atoms with Gasteiger partial charge in [-0.05, 0) is 131 Å². The van der Waals surface area contributed by atoms with Crippen LogP contribution < -0.4 is 16.0 Å². The third-order valence-corrected chi connectivity index (χ3v) is 14.3. The summed E-state index contributed by atoms with van der Waals surface area (Å²) in [6.07, 6.45) is 9.03. The van der Waals surface area contributed by atoms with E-state index in [0.717, 1.165) is 65.4 Å². The number of carbonyl (C=O) groups is 4. The highest BCUT2D eigenvalue weighted by Gasteiger charge is 2.64. The number of carboxylic acids is 2. The number of nitrogens with one attached hydrogen (secondary N) is 3. The minimum Gasteiger partial charge on any atom is -0.477 e. The summed E-state index contributed by atoms with van der Waals surface area (Å²) >= 11 is 0. The SMILES string of the molecule is CC12CCC(C(=Cc3ccc(Nc4nc(Nc5ccc(C=C(C(=O)O)C(=O)O)cc5)nc(Nc5ccc(C=C6C(=O)C7(C)CCC6C7(C)C)cc5)n4)cc3)C1=O)C2(C)C. The van der Waals surface area contributed by atoms with E-state index in [9.17, 15) is 29.4 Å². The number of nitrogens with zero attached hydrogens (tertiary/aromatic N) is 3. The van der Waals surface area contributed by atoms with Crippen LogP contribution >= 0.6 is 0 Å². The average molecular weight is 793 g/mol. The van der Waals surface area contributed by atoms with Crippen LogP contribution in [0.5, 0.6) is 0 Å². The van der Waals surface area contributed by atoms with Crippen LogP contribution in [0.2, 0.25) is 0 Å². The zero-order valence-corrected chi connectivity index (χ0v) is 34.0. The minimum atomic E-state index is -1.54. The van der Waals surface area contributed by atoms with E-state index < -0.39 is 17.5 Å². The molecule has 4 unspecified atom stereocenters. The summed E-state index contributed by atoms with van der Waals surface area (Å²) in [4.78, 5) is 63.5. The lowest BCUT2D eigenvalue weighted by molar-refractivity contribution is -0.140. The maximum absolute atomic E-state index is 13.4. The van der Waals surface area contributed by atoms with Gasteiger partial charge in [0.05, 0.1) is 0 Å². The van der Waals surface area contributed by atoms with Crippen LogP contribution in [0.1, 0.15) is 83.9 Å². The lowest BCUT2D eigenvalue weighted by Crippen LogP contribution is -2.32. The first kappa shape index (κ1) is 39.4. The number of Topliss-reactive ketones (excluding diaryl/α,β-unsaturated/α-hetero) is 2. The maximum Gasteiger partial charge on any atom is 0.343 e. The fraction of sp³-hybridized carbons (Fsp3) is 0.340. The van der Waals surface area contributed by atoms with Gasteiger partial charge in [-0.1, -0.05) is 77.9 Å². The van der Waals surface area contributed by atoms with Crippen molar-refractivity contribution in [2.24, 2.45) is 33.5 Å². The van der Waals surface area contributed by atoms with Gasteiger partial charge in [-0.2, -0.15) is 15.0 Å². The van der Waals surface area contributed by atoms with Crippen molar-refractivity contribution in [3.63, 3.8) is 0 Å². The molecule has 4 aliphatic rings. The van der Waals surface area contributed by atoms with Crippen molar-refractivity contribution >= 4 is 76.6 Å². The number of hydrogen-bond donors (Lipinski definition) is 5. The van der Waals surface area contributed by atoms with E-state index >= 15 is 0 Å². The maximum atomic E-state index is 13.4. The van der Waals surface area contributed by atoms with E-state index in [2.05, 4.69) is 72.4 Å². The molecule has 302 valence electrons. The average Bonchev–Trinajstić information content (AvgIpc) is 3.67. The van der Waals surface area contributed by atoms with Gasteiger partial charge in [0, 0.05) is 27.9 Å². The van der Waals surface area contributed by atoms with Gasteiger partial charge in [0.25, 0.3) is 0 Å². The molecule has 4 atom stereocenters. The molecule has 4 fully saturated rings. The number of allylic oxidation sites excluding steroid dienone is 2. The summed E-state index contributed by atoms with van der Waals surface area (Å²) in [6, 6.07) is 21.9. The van der Waals surface area contributed by atoms with Gasteiger partial charge in [-0.15, -0.1) is 0 Å². The smallest absolute Gasteiger partial charge is 0.343 e. The molecule has 59 heavy (non-hydrogen) atoms. The molecule has 0 radical (unpaired) electrons. The van der Waals surface area contributed by atoms with Crippen molar-refractivity contribution < 1.29 is 29.4 Å². The zero-order chi connectivity index (χ0) is 42.1. The number of rotatable bonds is 11. The van der Waals surface area contributed by atoms with Crippen LogP contribution in [0.15, 0.2) is 89.5 Å². The van der Waals surface area contributed by atoms with Gasteiger partial charge in [0.15, 0.2) is 11.6 Å². The number of carbonyl (C=O) groups excluding carboxylic acids is 2. The quantitative estimate of drug-likeness (QED) is 0.0552. The lowest BCUT2D eigenvalue weighted by Gasteiger charge is -2.31. The van der Waals surface area contributed by atoms with Crippen molar-refractivity contribution in [2.45, 2.75) is 67.2 Å². The van der Waals surface area contributed by atoms with Crippen LogP contribution in [-0.2, 0) is 19.2 Å². The van der Waals surface area contributed by atoms with Crippen LogP contribution in [-0.4, -0.2) is 48.7 Å². The Kier molecular flexibility index (Phi) is 9.44. The molecule has 1 aromatic heterocycles. The van der Waals surface area contributed by atoms with Crippen LogP contribution in [0.3, 0.4) is 0 Å². The lowest BCUT2D eigenvalue weighted by atomic mass is 9.70. The number of carboxylic acid groups (broad SMARTS) is 2. The Morgan fingerprint density at radius 1 is 0.559 bits per heavy atom. The summed E-state index contributed by atoms with van der Waals surface area (Å²) < 4.78 is 0. The second kappa shape index (κ2) is 14.1. The van der Waals surface area contributed by atoms with Crippen LogP contribution in [0.25, 0.3) is 18.2 Å². The van der Waals surface area contributed by atoms with Gasteiger partial charge >= 0.3 is 11.9 Å². The Morgan fingerprint density at radius 2 is 0.881 bits per heavy atom. The van der Waals surface area contributed by atoms with Crippen molar-refractivity contribution in [2.75, 3.05) is 16.0 Å². The highest BCUT2D eigenvalue weighted by molar-refractivity contribution is 6.16. The molecule has 4 bridgehead atoms. The van der Waals surface area contributed by atoms with E-state index in [1.807, 2.05) is 60.7 Å². The summed E-state index contributed by atoms with van der Waals surface area (Å²) in [5.41, 5.74) is 4.54. The van der Waals surface area contributed by atoms with Gasteiger partial charge in [-0.3, -0.25) is 9.59 Å². The van der Waals surface area contributed by atoms with E-state index in [4.69, 9.17) is 0 Å². The number of aromatic nitrogens is 3. The summed E-state index contributed by atoms with van der Waals surface area (Å²) in [6.45, 7) is 13.0. The molecular weight excluding hydrogens is 745 g/mol. The molecule has 4 aromatic rings. The predicted octanol–water partition coefficient (Wildman–Crippen LogP) is 9.47. The van der Waals surface area contributed by atoms with Crippen LogP contribution in [0, 0.1) is 33.5 Å². The summed E-state index contributed by atoms with van der Waals surface area (Å²) in [5.74, 6) is -1.39. The molecule has 0 aliphatic heterocycles. The molecule has 4 aliphatic carbocycles. The molecule has 12 heteroatoms. The van der Waals surface area contributed by atoms with Gasteiger partial charge in [0.1, 0.15) is 5.57 Å². The first-order valence-corrected chi connectivity index (χ1v) is 20.0. The molecule has 5 N–H and O–H groups in total. The molecule has 0 spiro atoms. The molecule has 4 saturated carbocycles. The van der Waals surface area contributed by atoms with Crippen molar-refractivity contribution in [3.05, 3.63) is 106 Å². The number of hydrogen-bond acceptors (Lipinski definition) is 10. The molecule has 8 rings (SSSR count). The minimum absolute atomic E-state index is 0.0673. The topological polar surface area (TPSA) is 184 Å². The third kappa shape index (κ3) is 6.70. The number of benzene rings is 3. The monoisotopic (exact) mass is 792 g/mol. The third-order valence-electron chi connectivity index (χ3n) is 14.3. The number of ketones is 2. The predicted molar refractivity (Wildman–Crippen MR) is 227 cm³/mol. The Balaban J connectivity index is 1.04. The first-order chi connectivity index (χ1) is 27.9. The van der Waals surface area contributed by atoms with Gasteiger partial charge in [-0.25, -0.2) is 9.59 Å². The van der Waals surface area contributed by atoms with Crippen LogP contribution in [0.4, 0.5) is 34.9 Å². The van der Waals surface area contributed by atoms with Gasteiger partial charge in [0.2, 0.25) is 17.8 Å². The van der Waals surface area contributed by atoms with Crippen molar-refractivity contribution in [1.29, 1.82) is 0 Å². The second-order valence-corrected chi connectivity index (χ2v) is 17.9. The van der Waals surface area contributed by atoms with E-state index in [1.165, 1.54) is 0 Å². The highest BCUT2D eigenvalue weighted by atomic mass is 16.4. The summed E-state index contributed by atoms with van der Waals surface area (Å²) in [5, 5.41) is 28.2. The Labute approximate surface area is 343 Å². The second-order valence-electron chi connectivity index (χ2n) is 17.9. The molecule has 1 heterocycles. The normalized spacial score (nSPS) is 26.0. The van der Waals surface area contributed by atoms with Crippen molar-refractivity contribution in [3.8, 4) is 0 Å². The Morgan fingerprint density at radius 3 is 1.17 bits per heavy atom. The van der Waals surface area contributed by atoms with E-state index in [1.54, 1.807) is 24.3 Å². The van der Waals surface area contributed by atoms with E-state index in [-0.39, 0.29) is 62.9 Å². The molecule has 12 nitrogen and oxygen atoms in total. The molecular formula is C47H48N6O6. The Bertz CT molecular complexity index is 2360. The largest absolute Gasteiger partial charge is 0.477 e. The fourth-order valence-corrected chi connectivity index (χ4v) is 9.85. The number of aliphatic carboxylic acids is 2. The zero-order valence-electron chi connectivity index (χ0n) is 34.0. The number of fused-ring (bicyclic) bond motifs is 4. The molecule has 0 amide bonds. The van der Waals surface area contributed by atoms with Crippen molar-refractivity contribution in [1.82, 2.24) is 15.0 Å². The number of anilines is 6. The molecule has 0 saturated heterocycles. The van der Waals surface area contributed by atoms with Gasteiger partial charge < -0.3 is 26.2 Å². The summed E-state index contributed by atoms with van der Waals surface area (Å²) in [7, 11) is 0.